The average molecular weight is 216 g/mol. The molecule has 0 aliphatic heterocycles. The lowest BCUT2D eigenvalue weighted by Crippen LogP contribution is -2.31. The molecule has 0 saturated carbocycles. The Hall–Kier alpha value is -1.10. The van der Waals surface area contributed by atoms with E-state index in [1.165, 1.54) is 0 Å². The lowest BCUT2D eigenvalue weighted by Gasteiger charge is -2.08. The van der Waals surface area contributed by atoms with Crippen molar-refractivity contribution >= 4 is 11.9 Å². The Bertz CT molecular complexity index is 207. The van der Waals surface area contributed by atoms with Crippen LogP contribution < -0.4 is 10.6 Å². The predicted octanol–water partition coefficient (Wildman–Crippen LogP) is 0.213. The van der Waals surface area contributed by atoms with E-state index in [4.69, 9.17) is 5.11 Å². The van der Waals surface area contributed by atoms with Gasteiger partial charge >= 0.3 is 5.97 Å². The molecule has 0 bridgehead atoms. The second-order valence-electron chi connectivity index (χ2n) is 3.54. The summed E-state index contributed by atoms with van der Waals surface area (Å²) in [5.74, 6) is -1.23. The minimum atomic E-state index is -0.821. The lowest BCUT2D eigenvalue weighted by molar-refractivity contribution is -0.140. The van der Waals surface area contributed by atoms with Gasteiger partial charge in [0.1, 0.15) is 0 Å². The topological polar surface area (TPSA) is 78.4 Å². The quantitative estimate of drug-likeness (QED) is 0.507. The van der Waals surface area contributed by atoms with Crippen molar-refractivity contribution < 1.29 is 14.7 Å². The smallest absolute Gasteiger partial charge is 0.307 e. The number of carbonyl (C=O) groups excluding carboxylic acids is 1. The average Bonchev–Trinajstić information content (AvgIpc) is 2.20. The first kappa shape index (κ1) is 13.9. The summed E-state index contributed by atoms with van der Waals surface area (Å²) < 4.78 is 0. The molecule has 88 valence electrons. The van der Waals surface area contributed by atoms with Gasteiger partial charge in [0.2, 0.25) is 5.91 Å². The summed E-state index contributed by atoms with van der Waals surface area (Å²) >= 11 is 0. The van der Waals surface area contributed by atoms with E-state index in [1.807, 2.05) is 6.92 Å². The van der Waals surface area contributed by atoms with E-state index in [0.29, 0.717) is 26.1 Å². The van der Waals surface area contributed by atoms with Crippen LogP contribution in [0.15, 0.2) is 0 Å². The molecule has 0 aromatic carbocycles. The fourth-order valence-electron chi connectivity index (χ4n) is 0.961. The van der Waals surface area contributed by atoms with Crippen molar-refractivity contribution in [2.24, 2.45) is 5.92 Å². The fraction of sp³-hybridized carbons (Fsp3) is 0.800. The van der Waals surface area contributed by atoms with E-state index in [1.54, 1.807) is 6.92 Å². The molecule has 1 unspecified atom stereocenters. The summed E-state index contributed by atoms with van der Waals surface area (Å²) in [5, 5.41) is 14.3. The third kappa shape index (κ3) is 7.93. The van der Waals surface area contributed by atoms with Crippen molar-refractivity contribution in [2.75, 3.05) is 19.6 Å². The monoisotopic (exact) mass is 216 g/mol. The summed E-state index contributed by atoms with van der Waals surface area (Å²) in [6.07, 6.45) is 1.32. The molecule has 0 fully saturated rings. The highest BCUT2D eigenvalue weighted by molar-refractivity contribution is 5.76. The second-order valence-corrected chi connectivity index (χ2v) is 3.54. The molecule has 1 atom stereocenters. The van der Waals surface area contributed by atoms with Crippen molar-refractivity contribution in [3.05, 3.63) is 0 Å². The van der Waals surface area contributed by atoms with Gasteiger partial charge in [-0.1, -0.05) is 13.8 Å². The first-order valence-electron chi connectivity index (χ1n) is 5.28. The Kier molecular flexibility index (Phi) is 7.62. The van der Waals surface area contributed by atoms with Crippen molar-refractivity contribution in [1.29, 1.82) is 0 Å². The molecule has 0 saturated heterocycles. The zero-order valence-electron chi connectivity index (χ0n) is 9.38. The van der Waals surface area contributed by atoms with Crippen molar-refractivity contribution in [2.45, 2.75) is 26.7 Å². The molecule has 0 aromatic rings. The molecule has 0 radical (unpaired) electrons. The third-order valence-electron chi connectivity index (χ3n) is 1.97. The van der Waals surface area contributed by atoms with Gasteiger partial charge in [0.05, 0.1) is 5.92 Å². The van der Waals surface area contributed by atoms with Gasteiger partial charge in [0.15, 0.2) is 0 Å². The van der Waals surface area contributed by atoms with Crippen LogP contribution in [-0.4, -0.2) is 36.6 Å². The van der Waals surface area contributed by atoms with Crippen LogP contribution in [0.25, 0.3) is 0 Å². The zero-order valence-corrected chi connectivity index (χ0v) is 9.38. The van der Waals surface area contributed by atoms with Gasteiger partial charge in [-0.15, -0.1) is 0 Å². The number of carbonyl (C=O) groups is 2. The summed E-state index contributed by atoms with van der Waals surface area (Å²) in [7, 11) is 0. The maximum absolute atomic E-state index is 11.1. The number of nitrogens with one attached hydrogen (secondary N) is 2. The minimum absolute atomic E-state index is 0.00679. The third-order valence-corrected chi connectivity index (χ3v) is 1.97. The Labute approximate surface area is 90.2 Å². The molecule has 5 heteroatoms. The van der Waals surface area contributed by atoms with Crippen LogP contribution in [0.5, 0.6) is 0 Å². The van der Waals surface area contributed by atoms with E-state index in [0.717, 1.165) is 6.42 Å². The van der Waals surface area contributed by atoms with E-state index < -0.39 is 11.9 Å². The molecule has 0 aliphatic carbocycles. The maximum atomic E-state index is 11.1. The molecule has 0 spiro atoms. The van der Waals surface area contributed by atoms with E-state index in [-0.39, 0.29) is 5.91 Å². The molecule has 3 N–H and O–H groups in total. The molecule has 0 rings (SSSR count). The summed E-state index contributed by atoms with van der Waals surface area (Å²) in [5.41, 5.74) is 0. The van der Waals surface area contributed by atoms with Crippen LogP contribution in [0.1, 0.15) is 26.7 Å². The van der Waals surface area contributed by atoms with Crippen molar-refractivity contribution in [1.82, 2.24) is 10.6 Å². The van der Waals surface area contributed by atoms with Crippen LogP contribution in [0.3, 0.4) is 0 Å². The van der Waals surface area contributed by atoms with E-state index in [9.17, 15) is 9.59 Å². The van der Waals surface area contributed by atoms with Gasteiger partial charge < -0.3 is 15.7 Å². The van der Waals surface area contributed by atoms with Gasteiger partial charge in [0.25, 0.3) is 0 Å². The highest BCUT2D eigenvalue weighted by atomic mass is 16.4. The minimum Gasteiger partial charge on any atom is -0.481 e. The molecular formula is C10H20N2O3. The highest BCUT2D eigenvalue weighted by Crippen LogP contribution is 1.91. The van der Waals surface area contributed by atoms with Gasteiger partial charge in [-0.05, 0) is 6.42 Å². The zero-order chi connectivity index (χ0) is 11.7. The molecule has 0 aromatic heterocycles. The number of hydrogen-bond donors (Lipinski definition) is 3. The van der Waals surface area contributed by atoms with Crippen LogP contribution in [0.4, 0.5) is 0 Å². The van der Waals surface area contributed by atoms with Gasteiger partial charge in [-0.3, -0.25) is 9.59 Å². The number of rotatable bonds is 8. The Morgan fingerprint density at radius 3 is 2.53 bits per heavy atom. The molecule has 1 amide bonds. The molecule has 0 heterocycles. The van der Waals surface area contributed by atoms with Gasteiger partial charge in [-0.25, -0.2) is 0 Å². The number of carboxylic acid groups (broad SMARTS) is 1. The highest BCUT2D eigenvalue weighted by Gasteiger charge is 2.09. The number of hydrogen-bond acceptors (Lipinski definition) is 3. The number of amides is 1. The van der Waals surface area contributed by atoms with Crippen LogP contribution >= 0.6 is 0 Å². The number of carboxylic acids is 1. The van der Waals surface area contributed by atoms with Crippen molar-refractivity contribution in [3.8, 4) is 0 Å². The van der Waals surface area contributed by atoms with Gasteiger partial charge in [0, 0.05) is 26.1 Å². The Morgan fingerprint density at radius 2 is 2.00 bits per heavy atom. The van der Waals surface area contributed by atoms with Gasteiger partial charge in [-0.2, -0.15) is 0 Å². The Balaban J connectivity index is 3.38. The normalized spacial score (nSPS) is 12.1. The first-order chi connectivity index (χ1) is 7.07. The van der Waals surface area contributed by atoms with Crippen LogP contribution in [0, 0.1) is 5.92 Å². The molecule has 5 nitrogen and oxygen atoms in total. The number of aliphatic carboxylic acids is 1. The first-order valence-corrected chi connectivity index (χ1v) is 5.28. The summed E-state index contributed by atoms with van der Waals surface area (Å²) in [6.45, 7) is 5.24. The van der Waals surface area contributed by atoms with E-state index in [2.05, 4.69) is 10.6 Å². The summed E-state index contributed by atoms with van der Waals surface area (Å²) in [4.78, 5) is 21.6. The van der Waals surface area contributed by atoms with Crippen molar-refractivity contribution in [3.63, 3.8) is 0 Å². The predicted molar refractivity (Wildman–Crippen MR) is 57.6 cm³/mol. The SMILES string of the molecule is CCCNC(=O)CCNCC(C)C(=O)O. The molecule has 15 heavy (non-hydrogen) atoms. The summed E-state index contributed by atoms with van der Waals surface area (Å²) in [6, 6.07) is 0. The maximum Gasteiger partial charge on any atom is 0.307 e. The lowest BCUT2D eigenvalue weighted by atomic mass is 10.2. The fourth-order valence-corrected chi connectivity index (χ4v) is 0.961. The Morgan fingerprint density at radius 1 is 1.33 bits per heavy atom. The second kappa shape index (κ2) is 8.23. The molecule has 0 aliphatic rings. The standard InChI is InChI=1S/C10H20N2O3/c1-3-5-12-9(13)4-6-11-7-8(2)10(14)15/h8,11H,3-7H2,1-2H3,(H,12,13)(H,14,15). The van der Waals surface area contributed by atoms with Crippen LogP contribution in [0.2, 0.25) is 0 Å². The molecular weight excluding hydrogens is 196 g/mol. The van der Waals surface area contributed by atoms with Crippen LogP contribution in [-0.2, 0) is 9.59 Å². The largest absolute Gasteiger partial charge is 0.481 e. The van der Waals surface area contributed by atoms with E-state index >= 15 is 0 Å².